The summed E-state index contributed by atoms with van der Waals surface area (Å²) < 4.78 is 38.7. The van der Waals surface area contributed by atoms with Gasteiger partial charge in [-0.3, -0.25) is 4.79 Å². The molecule has 0 spiro atoms. The predicted octanol–water partition coefficient (Wildman–Crippen LogP) is 2.95. The highest BCUT2D eigenvalue weighted by atomic mass is 32.2. The number of amides is 1. The Bertz CT molecular complexity index is 657. The average Bonchev–Trinajstić information content (AvgIpc) is 2.81. The molecule has 1 N–H and O–H groups in total. The standard InChI is InChI=1S/C13H13F3N4OS/c1-8(10(21)17-9-6-4-3-5-7-9)22-12-19-18-11(20(12)2)13(14,15)16/h3-8H,1-2H3,(H,17,21)/t8-/m0/s1. The zero-order chi connectivity index (χ0) is 16.3. The van der Waals surface area contributed by atoms with Crippen LogP contribution >= 0.6 is 11.8 Å². The second-order valence-corrected chi connectivity index (χ2v) is 5.79. The Hall–Kier alpha value is -2.03. The monoisotopic (exact) mass is 330 g/mol. The van der Waals surface area contributed by atoms with Crippen molar-refractivity contribution < 1.29 is 18.0 Å². The molecule has 9 heteroatoms. The number of para-hydroxylation sites is 1. The first kappa shape index (κ1) is 16.3. The molecule has 1 aromatic carbocycles. The van der Waals surface area contributed by atoms with E-state index in [1.54, 1.807) is 31.2 Å². The van der Waals surface area contributed by atoms with Gasteiger partial charge in [-0.1, -0.05) is 30.0 Å². The number of nitrogens with one attached hydrogen (secondary N) is 1. The molecule has 0 saturated carbocycles. The topological polar surface area (TPSA) is 59.8 Å². The van der Waals surface area contributed by atoms with Crippen molar-refractivity contribution in [2.24, 2.45) is 7.05 Å². The summed E-state index contributed by atoms with van der Waals surface area (Å²) in [5, 5.41) is 8.69. The van der Waals surface area contributed by atoms with Gasteiger partial charge in [-0.05, 0) is 19.1 Å². The van der Waals surface area contributed by atoms with Crippen molar-refractivity contribution >= 4 is 23.4 Å². The number of hydrogen-bond acceptors (Lipinski definition) is 4. The van der Waals surface area contributed by atoms with Gasteiger partial charge in [-0.25, -0.2) is 0 Å². The molecule has 2 rings (SSSR count). The molecule has 0 aliphatic heterocycles. The highest BCUT2D eigenvalue weighted by Crippen LogP contribution is 2.30. The minimum Gasteiger partial charge on any atom is -0.325 e. The third-order valence-corrected chi connectivity index (χ3v) is 3.92. The zero-order valence-electron chi connectivity index (χ0n) is 11.8. The van der Waals surface area contributed by atoms with Crippen LogP contribution in [-0.4, -0.2) is 25.9 Å². The van der Waals surface area contributed by atoms with Crippen LogP contribution < -0.4 is 5.32 Å². The van der Waals surface area contributed by atoms with Crippen molar-refractivity contribution in [2.45, 2.75) is 23.5 Å². The van der Waals surface area contributed by atoms with Gasteiger partial charge in [0.25, 0.3) is 0 Å². The van der Waals surface area contributed by atoms with Gasteiger partial charge < -0.3 is 9.88 Å². The lowest BCUT2D eigenvalue weighted by Gasteiger charge is -2.12. The molecule has 0 saturated heterocycles. The summed E-state index contributed by atoms with van der Waals surface area (Å²) in [5.41, 5.74) is 0.619. The molecule has 1 amide bonds. The first-order chi connectivity index (χ1) is 10.3. The second kappa shape index (κ2) is 6.39. The van der Waals surface area contributed by atoms with Crippen LogP contribution in [0.2, 0.25) is 0 Å². The predicted molar refractivity (Wildman–Crippen MR) is 76.4 cm³/mol. The number of rotatable bonds is 4. The van der Waals surface area contributed by atoms with Crippen LogP contribution in [0.25, 0.3) is 0 Å². The summed E-state index contributed by atoms with van der Waals surface area (Å²) >= 11 is 0.912. The van der Waals surface area contributed by atoms with Gasteiger partial charge in [0.05, 0.1) is 5.25 Å². The van der Waals surface area contributed by atoms with E-state index < -0.39 is 17.3 Å². The number of halogens is 3. The molecule has 0 aliphatic carbocycles. The third-order valence-electron chi connectivity index (χ3n) is 2.78. The van der Waals surface area contributed by atoms with Crippen LogP contribution in [-0.2, 0) is 18.0 Å². The van der Waals surface area contributed by atoms with E-state index in [0.717, 1.165) is 16.3 Å². The van der Waals surface area contributed by atoms with Crippen LogP contribution in [0.5, 0.6) is 0 Å². The smallest absolute Gasteiger partial charge is 0.325 e. The number of nitrogens with zero attached hydrogens (tertiary/aromatic N) is 3. The molecular formula is C13H13F3N4OS. The van der Waals surface area contributed by atoms with E-state index in [9.17, 15) is 18.0 Å². The van der Waals surface area contributed by atoms with Crippen LogP contribution in [0.1, 0.15) is 12.7 Å². The Morgan fingerprint density at radius 2 is 1.91 bits per heavy atom. The van der Waals surface area contributed by atoms with Crippen LogP contribution in [0.4, 0.5) is 18.9 Å². The molecular weight excluding hydrogens is 317 g/mol. The summed E-state index contributed by atoms with van der Waals surface area (Å²) in [4.78, 5) is 12.0. The van der Waals surface area contributed by atoms with Gasteiger partial charge in [-0.15, -0.1) is 10.2 Å². The fourth-order valence-corrected chi connectivity index (χ4v) is 2.46. The minimum absolute atomic E-state index is 0.0306. The van der Waals surface area contributed by atoms with Gasteiger partial charge in [0.15, 0.2) is 5.16 Å². The van der Waals surface area contributed by atoms with Gasteiger partial charge in [0.2, 0.25) is 11.7 Å². The molecule has 1 atom stereocenters. The highest BCUT2D eigenvalue weighted by molar-refractivity contribution is 8.00. The second-order valence-electron chi connectivity index (χ2n) is 4.48. The maximum Gasteiger partial charge on any atom is 0.451 e. The number of alkyl halides is 3. The van der Waals surface area contributed by atoms with Crippen molar-refractivity contribution in [1.29, 1.82) is 0 Å². The lowest BCUT2D eigenvalue weighted by atomic mass is 10.3. The van der Waals surface area contributed by atoms with Gasteiger partial charge in [0, 0.05) is 12.7 Å². The maximum atomic E-state index is 12.6. The number of hydrogen-bond donors (Lipinski definition) is 1. The number of carbonyl (C=O) groups is 1. The van der Waals surface area contributed by atoms with Crippen molar-refractivity contribution in [3.05, 3.63) is 36.2 Å². The average molecular weight is 330 g/mol. The Kier molecular flexibility index (Phi) is 4.74. The van der Waals surface area contributed by atoms with E-state index in [2.05, 4.69) is 15.5 Å². The number of thioether (sulfide) groups is 1. The van der Waals surface area contributed by atoms with Crippen molar-refractivity contribution in [3.8, 4) is 0 Å². The summed E-state index contributed by atoms with van der Waals surface area (Å²) in [6.07, 6.45) is -4.57. The van der Waals surface area contributed by atoms with Gasteiger partial charge >= 0.3 is 6.18 Å². The van der Waals surface area contributed by atoms with E-state index in [4.69, 9.17) is 0 Å². The molecule has 1 heterocycles. The largest absolute Gasteiger partial charge is 0.451 e. The molecule has 1 aromatic heterocycles. The summed E-state index contributed by atoms with van der Waals surface area (Å²) in [6, 6.07) is 8.79. The molecule has 0 aliphatic rings. The number of anilines is 1. The lowest BCUT2D eigenvalue weighted by molar-refractivity contribution is -0.147. The van der Waals surface area contributed by atoms with Crippen molar-refractivity contribution in [3.63, 3.8) is 0 Å². The normalized spacial score (nSPS) is 13.0. The van der Waals surface area contributed by atoms with Gasteiger partial charge in [-0.2, -0.15) is 13.2 Å². The highest BCUT2D eigenvalue weighted by Gasteiger charge is 2.37. The minimum atomic E-state index is -4.57. The number of benzene rings is 1. The summed E-state index contributed by atoms with van der Waals surface area (Å²) in [7, 11) is 1.22. The van der Waals surface area contributed by atoms with E-state index in [-0.39, 0.29) is 11.1 Å². The number of aromatic nitrogens is 3. The molecule has 22 heavy (non-hydrogen) atoms. The molecule has 0 fully saturated rings. The molecule has 0 unspecified atom stereocenters. The van der Waals surface area contributed by atoms with Crippen LogP contribution in [0.15, 0.2) is 35.5 Å². The van der Waals surface area contributed by atoms with E-state index >= 15 is 0 Å². The van der Waals surface area contributed by atoms with Crippen molar-refractivity contribution in [1.82, 2.24) is 14.8 Å². The molecule has 118 valence electrons. The SMILES string of the molecule is C[C@H](Sc1nnc(C(F)(F)F)n1C)C(=O)Nc1ccccc1. The lowest BCUT2D eigenvalue weighted by Crippen LogP contribution is -2.23. The Morgan fingerprint density at radius 1 is 1.27 bits per heavy atom. The molecule has 5 nitrogen and oxygen atoms in total. The van der Waals surface area contributed by atoms with Crippen LogP contribution in [0.3, 0.4) is 0 Å². The Morgan fingerprint density at radius 3 is 2.45 bits per heavy atom. The quantitative estimate of drug-likeness (QED) is 0.876. The van der Waals surface area contributed by atoms with E-state index in [1.807, 2.05) is 6.07 Å². The maximum absolute atomic E-state index is 12.6. The van der Waals surface area contributed by atoms with E-state index in [1.165, 1.54) is 7.05 Å². The fourth-order valence-electron chi connectivity index (χ4n) is 1.64. The summed E-state index contributed by atoms with van der Waals surface area (Å²) in [5.74, 6) is -1.42. The number of carbonyl (C=O) groups excluding carboxylic acids is 1. The van der Waals surface area contributed by atoms with Crippen LogP contribution in [0, 0.1) is 0 Å². The Balaban J connectivity index is 2.04. The molecule has 0 radical (unpaired) electrons. The third kappa shape index (κ3) is 3.79. The van der Waals surface area contributed by atoms with Gasteiger partial charge in [0.1, 0.15) is 0 Å². The van der Waals surface area contributed by atoms with Crippen molar-refractivity contribution in [2.75, 3.05) is 5.32 Å². The van der Waals surface area contributed by atoms with E-state index in [0.29, 0.717) is 5.69 Å². The first-order valence-electron chi connectivity index (χ1n) is 6.28. The Labute approximate surface area is 128 Å². The first-order valence-corrected chi connectivity index (χ1v) is 7.16. The fraction of sp³-hybridized carbons (Fsp3) is 0.308. The molecule has 2 aromatic rings. The molecule has 0 bridgehead atoms. The zero-order valence-corrected chi connectivity index (χ0v) is 12.6. The summed E-state index contributed by atoms with van der Waals surface area (Å²) in [6.45, 7) is 1.59.